The van der Waals surface area contributed by atoms with Crippen LogP contribution < -0.4 is 0 Å². The summed E-state index contributed by atoms with van der Waals surface area (Å²) in [7, 11) is -3.74. The molecule has 0 unspecified atom stereocenters. The Hall–Kier alpha value is -1.05. The van der Waals surface area contributed by atoms with Gasteiger partial charge in [0.25, 0.3) is 0 Å². The first kappa shape index (κ1) is 12.4. The number of aromatic carboxylic acids is 1. The van der Waals surface area contributed by atoms with Crippen molar-refractivity contribution in [3.05, 3.63) is 17.0 Å². The van der Waals surface area contributed by atoms with Gasteiger partial charge in [-0.05, 0) is 24.4 Å². The van der Waals surface area contributed by atoms with Crippen molar-refractivity contribution in [1.82, 2.24) is 4.31 Å². The van der Waals surface area contributed by atoms with Crippen LogP contribution in [-0.2, 0) is 10.0 Å². The highest BCUT2D eigenvalue weighted by Crippen LogP contribution is 2.29. The molecule has 1 aromatic heterocycles. The molecule has 0 radical (unpaired) electrons. The van der Waals surface area contributed by atoms with Crippen molar-refractivity contribution in [2.75, 3.05) is 13.1 Å². The molecule has 1 aromatic rings. The van der Waals surface area contributed by atoms with Gasteiger partial charge in [-0.1, -0.05) is 0 Å². The lowest BCUT2D eigenvalue weighted by Crippen LogP contribution is -2.27. The standard InChI is InChI=1S/C9H10ClNO5S/c10-8-7(5-6(16-8)9(12)13)17(14,15)11-3-1-2-4-11/h5H,1-4H2,(H,12,13). The van der Waals surface area contributed by atoms with Gasteiger partial charge in [0.15, 0.2) is 0 Å². The number of hydrogen-bond acceptors (Lipinski definition) is 4. The van der Waals surface area contributed by atoms with Gasteiger partial charge in [0, 0.05) is 19.2 Å². The fraction of sp³-hybridized carbons (Fsp3) is 0.444. The number of furan rings is 1. The third-order valence-electron chi connectivity index (χ3n) is 2.55. The van der Waals surface area contributed by atoms with E-state index >= 15 is 0 Å². The minimum atomic E-state index is -3.74. The molecular weight excluding hydrogens is 270 g/mol. The SMILES string of the molecule is O=C(O)c1cc(S(=O)(=O)N2CCCC2)c(Cl)o1. The molecule has 1 fully saturated rings. The molecule has 1 saturated heterocycles. The molecule has 1 aliphatic heterocycles. The molecule has 0 bridgehead atoms. The summed E-state index contributed by atoms with van der Waals surface area (Å²) >= 11 is 5.62. The minimum absolute atomic E-state index is 0.279. The lowest BCUT2D eigenvalue weighted by molar-refractivity contribution is 0.0662. The fourth-order valence-corrected chi connectivity index (χ4v) is 3.65. The van der Waals surface area contributed by atoms with Crippen LogP contribution in [0, 0.1) is 0 Å². The highest BCUT2D eigenvalue weighted by atomic mass is 35.5. The Bertz CT molecular complexity index is 544. The topological polar surface area (TPSA) is 87.8 Å². The molecule has 0 aliphatic carbocycles. The van der Waals surface area contributed by atoms with Crippen molar-refractivity contribution < 1.29 is 22.7 Å². The Balaban J connectivity index is 2.42. The highest BCUT2D eigenvalue weighted by Gasteiger charge is 2.32. The number of hydrogen-bond donors (Lipinski definition) is 1. The van der Waals surface area contributed by atoms with Gasteiger partial charge in [0.2, 0.25) is 21.0 Å². The smallest absolute Gasteiger partial charge is 0.371 e. The van der Waals surface area contributed by atoms with Gasteiger partial charge in [-0.25, -0.2) is 13.2 Å². The van der Waals surface area contributed by atoms with E-state index < -0.39 is 27.0 Å². The lowest BCUT2D eigenvalue weighted by Gasteiger charge is -2.13. The fourth-order valence-electron chi connectivity index (χ4n) is 1.70. The van der Waals surface area contributed by atoms with Gasteiger partial charge >= 0.3 is 5.97 Å². The van der Waals surface area contributed by atoms with Gasteiger partial charge in [0.05, 0.1) is 0 Å². The number of carboxylic acid groups (broad SMARTS) is 1. The van der Waals surface area contributed by atoms with Crippen molar-refractivity contribution in [3.8, 4) is 0 Å². The van der Waals surface area contributed by atoms with E-state index in [1.165, 1.54) is 4.31 Å². The van der Waals surface area contributed by atoms with Gasteiger partial charge in [-0.15, -0.1) is 0 Å². The molecule has 1 aliphatic rings. The van der Waals surface area contributed by atoms with Crippen molar-refractivity contribution >= 4 is 27.6 Å². The summed E-state index contributed by atoms with van der Waals surface area (Å²) in [5.41, 5.74) is 0. The van der Waals surface area contributed by atoms with Crippen LogP contribution in [0.5, 0.6) is 0 Å². The Morgan fingerprint density at radius 3 is 2.47 bits per heavy atom. The molecule has 17 heavy (non-hydrogen) atoms. The first-order valence-electron chi connectivity index (χ1n) is 4.95. The Kier molecular flexibility index (Phi) is 3.15. The van der Waals surface area contributed by atoms with Crippen LogP contribution in [0.1, 0.15) is 23.4 Å². The van der Waals surface area contributed by atoms with Crippen molar-refractivity contribution in [3.63, 3.8) is 0 Å². The van der Waals surface area contributed by atoms with Crippen LogP contribution >= 0.6 is 11.6 Å². The van der Waals surface area contributed by atoms with E-state index in [1.807, 2.05) is 0 Å². The van der Waals surface area contributed by atoms with E-state index in [4.69, 9.17) is 16.7 Å². The second-order valence-electron chi connectivity index (χ2n) is 3.66. The first-order valence-corrected chi connectivity index (χ1v) is 6.77. The molecule has 0 amide bonds. The summed E-state index contributed by atoms with van der Waals surface area (Å²) in [6.07, 6.45) is 1.58. The molecule has 0 aromatic carbocycles. The number of nitrogens with zero attached hydrogens (tertiary/aromatic N) is 1. The predicted octanol–water partition coefficient (Wildman–Crippen LogP) is 1.42. The van der Waals surface area contributed by atoms with E-state index in [2.05, 4.69) is 4.42 Å². The van der Waals surface area contributed by atoms with Crippen LogP contribution in [-0.4, -0.2) is 36.9 Å². The lowest BCUT2D eigenvalue weighted by atomic mass is 10.4. The number of carbonyl (C=O) groups is 1. The molecule has 2 heterocycles. The van der Waals surface area contributed by atoms with Gasteiger partial charge in [-0.2, -0.15) is 4.31 Å². The second-order valence-corrected chi connectivity index (χ2v) is 5.91. The third kappa shape index (κ3) is 2.18. The molecular formula is C9H10ClNO5S. The predicted molar refractivity (Wildman–Crippen MR) is 58.7 cm³/mol. The summed E-state index contributed by atoms with van der Waals surface area (Å²) < 4.78 is 30.1. The maximum Gasteiger partial charge on any atom is 0.371 e. The quantitative estimate of drug-likeness (QED) is 0.904. The zero-order valence-electron chi connectivity index (χ0n) is 8.72. The Morgan fingerprint density at radius 1 is 1.41 bits per heavy atom. The number of halogens is 1. The number of sulfonamides is 1. The maximum absolute atomic E-state index is 12.1. The molecule has 8 heteroatoms. The van der Waals surface area contributed by atoms with Crippen molar-refractivity contribution in [2.45, 2.75) is 17.7 Å². The molecule has 0 atom stereocenters. The molecule has 1 N–H and O–H groups in total. The molecule has 0 spiro atoms. The average molecular weight is 280 g/mol. The van der Waals surface area contributed by atoms with Crippen LogP contribution in [0.2, 0.25) is 5.22 Å². The minimum Gasteiger partial charge on any atom is -0.475 e. The second kappa shape index (κ2) is 4.32. The zero-order valence-corrected chi connectivity index (χ0v) is 10.3. The Labute approximate surface area is 103 Å². The summed E-state index contributed by atoms with van der Waals surface area (Å²) in [5, 5.41) is 8.28. The molecule has 6 nitrogen and oxygen atoms in total. The van der Waals surface area contributed by atoms with Crippen molar-refractivity contribution in [2.24, 2.45) is 0 Å². The maximum atomic E-state index is 12.1. The van der Waals surface area contributed by atoms with Crippen LogP contribution in [0.15, 0.2) is 15.4 Å². The van der Waals surface area contributed by atoms with Gasteiger partial charge < -0.3 is 9.52 Å². The number of carboxylic acids is 1. The third-order valence-corrected chi connectivity index (χ3v) is 4.85. The molecule has 0 saturated carbocycles. The highest BCUT2D eigenvalue weighted by molar-refractivity contribution is 7.89. The van der Waals surface area contributed by atoms with E-state index in [0.29, 0.717) is 13.1 Å². The number of rotatable bonds is 3. The monoisotopic (exact) mass is 279 g/mol. The Morgan fingerprint density at radius 2 is 2.00 bits per heavy atom. The van der Waals surface area contributed by atoms with Crippen molar-refractivity contribution in [1.29, 1.82) is 0 Å². The molecule has 2 rings (SSSR count). The van der Waals surface area contributed by atoms with Gasteiger partial charge in [0.1, 0.15) is 4.90 Å². The summed E-state index contributed by atoms with van der Waals surface area (Å²) in [6, 6.07) is 0.943. The van der Waals surface area contributed by atoms with Gasteiger partial charge in [-0.3, -0.25) is 0 Å². The van der Waals surface area contributed by atoms with E-state index in [9.17, 15) is 13.2 Å². The van der Waals surface area contributed by atoms with E-state index in [1.54, 1.807) is 0 Å². The normalized spacial score (nSPS) is 17.5. The van der Waals surface area contributed by atoms with E-state index in [-0.39, 0.29) is 4.90 Å². The summed E-state index contributed by atoms with van der Waals surface area (Å²) in [6.45, 7) is 0.846. The zero-order chi connectivity index (χ0) is 12.6. The van der Waals surface area contributed by atoms with Crippen LogP contribution in [0.25, 0.3) is 0 Å². The average Bonchev–Trinajstić information content (AvgIpc) is 2.85. The van der Waals surface area contributed by atoms with E-state index in [0.717, 1.165) is 18.9 Å². The van der Waals surface area contributed by atoms with Crippen LogP contribution in [0.4, 0.5) is 0 Å². The largest absolute Gasteiger partial charge is 0.475 e. The first-order chi connectivity index (χ1) is 7.93. The summed E-state index contributed by atoms with van der Waals surface area (Å²) in [4.78, 5) is 10.4. The molecule has 94 valence electrons. The van der Waals surface area contributed by atoms with Crippen LogP contribution in [0.3, 0.4) is 0 Å². The summed E-state index contributed by atoms with van der Waals surface area (Å²) in [5.74, 6) is -1.83.